The lowest BCUT2D eigenvalue weighted by Gasteiger charge is -2.29. The molecule has 4 nitrogen and oxygen atoms in total. The van der Waals surface area contributed by atoms with Gasteiger partial charge < -0.3 is 15.5 Å². The third-order valence-electron chi connectivity index (χ3n) is 4.28. The summed E-state index contributed by atoms with van der Waals surface area (Å²) in [6.45, 7) is 4.01. The highest BCUT2D eigenvalue weighted by Gasteiger charge is 2.16. The predicted molar refractivity (Wildman–Crippen MR) is 105 cm³/mol. The summed E-state index contributed by atoms with van der Waals surface area (Å²) < 4.78 is 12.9. The lowest BCUT2D eigenvalue weighted by molar-refractivity contribution is 0.213. The van der Waals surface area contributed by atoms with Crippen LogP contribution < -0.4 is 10.6 Å². The van der Waals surface area contributed by atoms with Gasteiger partial charge in [0.25, 0.3) is 0 Å². The van der Waals surface area contributed by atoms with Crippen LogP contribution in [0.3, 0.4) is 0 Å². The van der Waals surface area contributed by atoms with Gasteiger partial charge in [0, 0.05) is 20.1 Å². The molecule has 1 fully saturated rings. The van der Waals surface area contributed by atoms with Crippen LogP contribution in [0.1, 0.15) is 24.8 Å². The Morgan fingerprint density at radius 1 is 1.22 bits per heavy atom. The second-order valence-corrected chi connectivity index (χ2v) is 6.01. The van der Waals surface area contributed by atoms with Crippen LogP contribution in [-0.4, -0.2) is 44.6 Å². The summed E-state index contributed by atoms with van der Waals surface area (Å²) in [6.07, 6.45) is 3.77. The number of rotatable bonds is 5. The standard InChI is InChI=1S/C17H27FN4.HI/c1-19-17(21-13-15-3-5-16(18)6-4-15)20-10-7-14-8-11-22(2)12-9-14;/h3-6,14H,7-13H2,1-2H3,(H2,19,20,21);1H. The molecule has 0 aromatic heterocycles. The van der Waals surface area contributed by atoms with E-state index in [2.05, 4.69) is 27.6 Å². The molecule has 2 rings (SSSR count). The van der Waals surface area contributed by atoms with Crippen molar-refractivity contribution < 1.29 is 4.39 Å². The van der Waals surface area contributed by atoms with Gasteiger partial charge in [0.2, 0.25) is 0 Å². The number of nitrogens with zero attached hydrogens (tertiary/aromatic N) is 2. The van der Waals surface area contributed by atoms with Crippen LogP contribution >= 0.6 is 24.0 Å². The van der Waals surface area contributed by atoms with Crippen LogP contribution in [0.2, 0.25) is 0 Å². The highest BCUT2D eigenvalue weighted by molar-refractivity contribution is 14.0. The Balaban J connectivity index is 0.00000264. The minimum atomic E-state index is -0.204. The monoisotopic (exact) mass is 434 g/mol. The largest absolute Gasteiger partial charge is 0.356 e. The van der Waals surface area contributed by atoms with Crippen LogP contribution in [0.4, 0.5) is 4.39 Å². The Labute approximate surface area is 156 Å². The van der Waals surface area contributed by atoms with E-state index in [0.717, 1.165) is 24.0 Å². The van der Waals surface area contributed by atoms with Gasteiger partial charge in [0.1, 0.15) is 5.82 Å². The molecule has 23 heavy (non-hydrogen) atoms. The molecule has 0 aliphatic carbocycles. The van der Waals surface area contributed by atoms with Gasteiger partial charge >= 0.3 is 0 Å². The average molecular weight is 434 g/mol. The van der Waals surface area contributed by atoms with E-state index in [1.807, 2.05) is 0 Å². The van der Waals surface area contributed by atoms with Crippen LogP contribution in [-0.2, 0) is 6.54 Å². The van der Waals surface area contributed by atoms with Crippen LogP contribution in [0.5, 0.6) is 0 Å². The number of nitrogens with one attached hydrogen (secondary N) is 2. The summed E-state index contributed by atoms with van der Waals surface area (Å²) in [5.41, 5.74) is 1.04. The van der Waals surface area contributed by atoms with E-state index < -0.39 is 0 Å². The van der Waals surface area contributed by atoms with Gasteiger partial charge in [-0.2, -0.15) is 0 Å². The molecule has 1 aromatic carbocycles. The molecule has 0 radical (unpaired) electrons. The molecule has 1 saturated heterocycles. The molecule has 130 valence electrons. The highest BCUT2D eigenvalue weighted by Crippen LogP contribution is 2.18. The molecule has 1 aliphatic heterocycles. The van der Waals surface area contributed by atoms with Crippen molar-refractivity contribution in [3.8, 4) is 0 Å². The minimum absolute atomic E-state index is 0. The molecule has 1 heterocycles. The summed E-state index contributed by atoms with van der Waals surface area (Å²) in [6, 6.07) is 6.53. The van der Waals surface area contributed by atoms with Gasteiger partial charge in [-0.3, -0.25) is 4.99 Å². The third kappa shape index (κ3) is 7.48. The first-order valence-corrected chi connectivity index (χ1v) is 8.05. The topological polar surface area (TPSA) is 39.7 Å². The Morgan fingerprint density at radius 2 is 1.87 bits per heavy atom. The first kappa shape index (κ1) is 20.2. The summed E-state index contributed by atoms with van der Waals surface area (Å²) in [4.78, 5) is 6.62. The van der Waals surface area contributed by atoms with E-state index in [1.165, 1.54) is 44.5 Å². The zero-order chi connectivity index (χ0) is 15.8. The molecule has 2 N–H and O–H groups in total. The fourth-order valence-electron chi connectivity index (χ4n) is 2.75. The van der Waals surface area contributed by atoms with Crippen molar-refractivity contribution in [2.24, 2.45) is 10.9 Å². The molecule has 0 bridgehead atoms. The molecular weight excluding hydrogens is 406 g/mol. The Bertz CT molecular complexity index is 470. The van der Waals surface area contributed by atoms with Crippen molar-refractivity contribution >= 4 is 29.9 Å². The molecule has 0 amide bonds. The lowest BCUT2D eigenvalue weighted by Crippen LogP contribution is -2.38. The SMILES string of the molecule is CN=C(NCCC1CCN(C)CC1)NCc1ccc(F)cc1.I. The second kappa shape index (κ2) is 10.8. The van der Waals surface area contributed by atoms with Crippen molar-refractivity contribution in [2.45, 2.75) is 25.8 Å². The maximum atomic E-state index is 12.9. The zero-order valence-corrected chi connectivity index (χ0v) is 16.3. The number of hydrogen-bond acceptors (Lipinski definition) is 2. The van der Waals surface area contributed by atoms with Gasteiger partial charge in [-0.25, -0.2) is 4.39 Å². The molecule has 0 unspecified atom stereocenters. The first-order valence-electron chi connectivity index (χ1n) is 8.05. The van der Waals surface area contributed by atoms with Crippen molar-refractivity contribution in [1.82, 2.24) is 15.5 Å². The molecular formula is C17H28FIN4. The Hall–Kier alpha value is -0.890. The number of likely N-dealkylation sites (tertiary alicyclic amines) is 1. The number of aliphatic imine (C=N–C) groups is 1. The molecule has 0 spiro atoms. The van der Waals surface area contributed by atoms with Crippen LogP contribution in [0.25, 0.3) is 0 Å². The van der Waals surface area contributed by atoms with Crippen molar-refractivity contribution in [3.05, 3.63) is 35.6 Å². The minimum Gasteiger partial charge on any atom is -0.356 e. The predicted octanol–water partition coefficient (Wildman–Crippen LogP) is 2.84. The number of halogens is 2. The number of guanidine groups is 1. The third-order valence-corrected chi connectivity index (χ3v) is 4.28. The summed E-state index contributed by atoms with van der Waals surface area (Å²) in [5.74, 6) is 1.42. The second-order valence-electron chi connectivity index (χ2n) is 6.01. The maximum Gasteiger partial charge on any atom is 0.191 e. The summed E-state index contributed by atoms with van der Waals surface area (Å²) in [5, 5.41) is 6.62. The fourth-order valence-corrected chi connectivity index (χ4v) is 2.75. The number of piperidine rings is 1. The average Bonchev–Trinajstić information content (AvgIpc) is 2.54. The smallest absolute Gasteiger partial charge is 0.191 e. The number of benzene rings is 1. The summed E-state index contributed by atoms with van der Waals surface area (Å²) in [7, 11) is 3.96. The van der Waals surface area contributed by atoms with Gasteiger partial charge in [-0.15, -0.1) is 24.0 Å². The van der Waals surface area contributed by atoms with Crippen molar-refractivity contribution in [1.29, 1.82) is 0 Å². The molecule has 0 atom stereocenters. The van der Waals surface area contributed by atoms with E-state index in [4.69, 9.17) is 0 Å². The quantitative estimate of drug-likeness (QED) is 0.426. The van der Waals surface area contributed by atoms with E-state index in [0.29, 0.717) is 6.54 Å². The first-order chi connectivity index (χ1) is 10.7. The highest BCUT2D eigenvalue weighted by atomic mass is 127. The van der Waals surface area contributed by atoms with Crippen LogP contribution in [0.15, 0.2) is 29.3 Å². The lowest BCUT2D eigenvalue weighted by atomic mass is 9.94. The fraction of sp³-hybridized carbons (Fsp3) is 0.588. The van der Waals surface area contributed by atoms with E-state index >= 15 is 0 Å². The van der Waals surface area contributed by atoms with E-state index in [1.54, 1.807) is 19.2 Å². The molecule has 1 aromatic rings. The van der Waals surface area contributed by atoms with E-state index in [-0.39, 0.29) is 29.8 Å². The van der Waals surface area contributed by atoms with Gasteiger partial charge in [0.15, 0.2) is 5.96 Å². The van der Waals surface area contributed by atoms with Crippen LogP contribution in [0, 0.1) is 11.7 Å². The van der Waals surface area contributed by atoms with Gasteiger partial charge in [-0.05, 0) is 63.0 Å². The van der Waals surface area contributed by atoms with Crippen molar-refractivity contribution in [3.63, 3.8) is 0 Å². The van der Waals surface area contributed by atoms with Crippen molar-refractivity contribution in [2.75, 3.05) is 33.7 Å². The molecule has 6 heteroatoms. The van der Waals surface area contributed by atoms with Gasteiger partial charge in [0.05, 0.1) is 0 Å². The normalized spacial score (nSPS) is 16.7. The summed E-state index contributed by atoms with van der Waals surface area (Å²) >= 11 is 0. The van der Waals surface area contributed by atoms with Gasteiger partial charge in [-0.1, -0.05) is 12.1 Å². The maximum absolute atomic E-state index is 12.9. The zero-order valence-electron chi connectivity index (χ0n) is 14.0. The Morgan fingerprint density at radius 3 is 2.48 bits per heavy atom. The Kier molecular flexibility index (Phi) is 9.47. The molecule has 0 saturated carbocycles. The number of hydrogen-bond donors (Lipinski definition) is 2. The molecule has 1 aliphatic rings. The van der Waals surface area contributed by atoms with E-state index in [9.17, 15) is 4.39 Å².